The Morgan fingerprint density at radius 2 is 2.00 bits per heavy atom. The van der Waals surface area contributed by atoms with E-state index in [0.29, 0.717) is 0 Å². The van der Waals surface area contributed by atoms with Crippen LogP contribution in [0.5, 0.6) is 5.75 Å². The fraction of sp³-hybridized carbons (Fsp3) is 0.706. The van der Waals surface area contributed by atoms with Gasteiger partial charge in [0.25, 0.3) is 0 Å². The van der Waals surface area contributed by atoms with Crippen molar-refractivity contribution in [2.45, 2.75) is 58.6 Å². The van der Waals surface area contributed by atoms with Gasteiger partial charge in [-0.05, 0) is 51.3 Å². The Morgan fingerprint density at radius 3 is 2.62 bits per heavy atom. The average molecular weight is 294 g/mol. The van der Waals surface area contributed by atoms with Crippen molar-refractivity contribution in [3.63, 3.8) is 0 Å². The number of nitrogens with zero attached hydrogens (tertiary/aromatic N) is 1. The van der Waals surface area contributed by atoms with Crippen LogP contribution in [0.1, 0.15) is 58.6 Å². The Kier molecular flexibility index (Phi) is 7.68. The molecular weight excluding hydrogens is 264 g/mol. The summed E-state index contributed by atoms with van der Waals surface area (Å²) >= 11 is 0. The van der Waals surface area contributed by atoms with Crippen LogP contribution < -0.4 is 10.1 Å². The smallest absolute Gasteiger partial charge is 0.137 e. The molecule has 1 aromatic rings. The molecule has 0 aromatic carbocycles. The van der Waals surface area contributed by atoms with Gasteiger partial charge in [0.1, 0.15) is 5.75 Å². The summed E-state index contributed by atoms with van der Waals surface area (Å²) in [6.45, 7) is 10.2. The second-order valence-electron chi connectivity index (χ2n) is 5.98. The molecule has 0 saturated heterocycles. The van der Waals surface area contributed by atoms with E-state index in [4.69, 9.17) is 9.47 Å². The van der Waals surface area contributed by atoms with Gasteiger partial charge in [0.05, 0.1) is 18.4 Å². The van der Waals surface area contributed by atoms with Crippen molar-refractivity contribution in [2.75, 3.05) is 20.3 Å². The third-order valence-corrected chi connectivity index (χ3v) is 3.50. The van der Waals surface area contributed by atoms with E-state index in [9.17, 15) is 0 Å². The average Bonchev–Trinajstić information content (AvgIpc) is 2.49. The number of methoxy groups -OCH3 is 1. The molecule has 0 aliphatic carbocycles. The van der Waals surface area contributed by atoms with Crippen LogP contribution in [0.3, 0.4) is 0 Å². The summed E-state index contributed by atoms with van der Waals surface area (Å²) in [7, 11) is 1.76. The molecule has 1 rings (SSSR count). The van der Waals surface area contributed by atoms with Crippen molar-refractivity contribution in [2.24, 2.45) is 0 Å². The highest BCUT2D eigenvalue weighted by Gasteiger charge is 2.24. The summed E-state index contributed by atoms with van der Waals surface area (Å²) in [6.07, 6.45) is 6.68. The molecule has 0 aliphatic rings. The largest absolute Gasteiger partial charge is 0.492 e. The maximum atomic E-state index is 5.69. The van der Waals surface area contributed by atoms with Gasteiger partial charge >= 0.3 is 0 Å². The molecule has 4 heteroatoms. The summed E-state index contributed by atoms with van der Waals surface area (Å²) in [5, 5.41) is 3.58. The van der Waals surface area contributed by atoms with Crippen molar-refractivity contribution < 1.29 is 9.47 Å². The van der Waals surface area contributed by atoms with Crippen LogP contribution in [0, 0.1) is 0 Å². The molecule has 1 N–H and O–H groups in total. The van der Waals surface area contributed by atoms with Crippen molar-refractivity contribution in [1.82, 2.24) is 10.3 Å². The van der Waals surface area contributed by atoms with Crippen LogP contribution in [0.15, 0.2) is 18.5 Å². The predicted molar refractivity (Wildman–Crippen MR) is 86.8 cm³/mol. The standard InChI is InChI=1S/C17H30N2O2/c1-6-8-19-16(11-17(3,4)20-5)14-10-15(13-18-12-14)21-9-7-2/h10,12-13,16,19H,6-9,11H2,1-5H3. The van der Waals surface area contributed by atoms with Crippen molar-refractivity contribution in [3.8, 4) is 5.75 Å². The minimum absolute atomic E-state index is 0.175. The van der Waals surface area contributed by atoms with Crippen LogP contribution in [-0.4, -0.2) is 30.8 Å². The summed E-state index contributed by atoms with van der Waals surface area (Å²) < 4.78 is 11.3. The van der Waals surface area contributed by atoms with Crippen molar-refractivity contribution >= 4 is 0 Å². The van der Waals surface area contributed by atoms with Crippen LogP contribution in [0.4, 0.5) is 0 Å². The molecule has 120 valence electrons. The molecule has 1 aromatic heterocycles. The van der Waals surface area contributed by atoms with E-state index in [-0.39, 0.29) is 11.6 Å². The molecule has 0 bridgehead atoms. The second kappa shape index (κ2) is 9.00. The first-order chi connectivity index (χ1) is 10.0. The predicted octanol–water partition coefficient (Wildman–Crippen LogP) is 3.73. The van der Waals surface area contributed by atoms with Crippen molar-refractivity contribution in [1.29, 1.82) is 0 Å². The number of pyridine rings is 1. The quantitative estimate of drug-likeness (QED) is 0.714. The molecule has 0 radical (unpaired) electrons. The van der Waals surface area contributed by atoms with Gasteiger partial charge in [-0.15, -0.1) is 0 Å². The molecule has 0 spiro atoms. The molecule has 0 aliphatic heterocycles. The molecule has 1 unspecified atom stereocenters. The highest BCUT2D eigenvalue weighted by atomic mass is 16.5. The number of aromatic nitrogens is 1. The number of nitrogens with one attached hydrogen (secondary N) is 1. The van der Waals surface area contributed by atoms with Gasteiger partial charge in [-0.2, -0.15) is 0 Å². The fourth-order valence-electron chi connectivity index (χ4n) is 2.13. The molecule has 4 nitrogen and oxygen atoms in total. The zero-order chi connectivity index (χ0) is 15.7. The van der Waals surface area contributed by atoms with E-state index in [2.05, 4.69) is 44.1 Å². The minimum atomic E-state index is -0.175. The number of ether oxygens (including phenoxy) is 2. The van der Waals surface area contributed by atoms with Gasteiger partial charge in [-0.25, -0.2) is 0 Å². The zero-order valence-corrected chi connectivity index (χ0v) is 14.1. The van der Waals surface area contributed by atoms with E-state index in [1.807, 2.05) is 6.20 Å². The first kappa shape index (κ1) is 17.9. The van der Waals surface area contributed by atoms with E-state index in [0.717, 1.165) is 43.7 Å². The molecular formula is C17H30N2O2. The second-order valence-corrected chi connectivity index (χ2v) is 5.98. The molecule has 1 atom stereocenters. The molecule has 0 amide bonds. The first-order valence-corrected chi connectivity index (χ1v) is 7.88. The first-order valence-electron chi connectivity index (χ1n) is 7.88. The lowest BCUT2D eigenvalue weighted by molar-refractivity contribution is 0.00680. The number of hydrogen-bond donors (Lipinski definition) is 1. The van der Waals surface area contributed by atoms with Gasteiger partial charge in [-0.1, -0.05) is 13.8 Å². The Morgan fingerprint density at radius 1 is 1.24 bits per heavy atom. The molecule has 1 heterocycles. The van der Waals surface area contributed by atoms with Crippen molar-refractivity contribution in [3.05, 3.63) is 24.0 Å². The van der Waals surface area contributed by atoms with Crippen LogP contribution in [-0.2, 0) is 4.74 Å². The highest BCUT2D eigenvalue weighted by molar-refractivity contribution is 5.26. The van der Waals surface area contributed by atoms with Gasteiger partial charge in [-0.3, -0.25) is 4.98 Å². The Bertz CT molecular complexity index is 408. The summed E-state index contributed by atoms with van der Waals surface area (Å²) in [5.41, 5.74) is 0.980. The fourth-order valence-corrected chi connectivity index (χ4v) is 2.13. The maximum Gasteiger partial charge on any atom is 0.137 e. The summed E-state index contributed by atoms with van der Waals surface area (Å²) in [6, 6.07) is 2.31. The third-order valence-electron chi connectivity index (χ3n) is 3.50. The lowest BCUT2D eigenvalue weighted by Crippen LogP contribution is -2.32. The zero-order valence-electron chi connectivity index (χ0n) is 14.1. The summed E-state index contributed by atoms with van der Waals surface area (Å²) in [5.74, 6) is 0.841. The SMILES string of the molecule is CCCNC(CC(C)(C)OC)c1cncc(OCCC)c1. The topological polar surface area (TPSA) is 43.4 Å². The molecule has 0 saturated carbocycles. The maximum absolute atomic E-state index is 5.69. The Labute approximate surface area is 129 Å². The van der Waals surface area contributed by atoms with E-state index >= 15 is 0 Å². The van der Waals surface area contributed by atoms with Crippen LogP contribution >= 0.6 is 0 Å². The minimum Gasteiger partial charge on any atom is -0.492 e. The van der Waals surface area contributed by atoms with Crippen LogP contribution in [0.25, 0.3) is 0 Å². The number of hydrogen-bond acceptors (Lipinski definition) is 4. The Hall–Kier alpha value is -1.13. The summed E-state index contributed by atoms with van der Waals surface area (Å²) in [4.78, 5) is 4.32. The monoisotopic (exact) mass is 294 g/mol. The van der Waals surface area contributed by atoms with Gasteiger partial charge in [0.15, 0.2) is 0 Å². The Balaban J connectivity index is 2.86. The van der Waals surface area contributed by atoms with E-state index in [1.54, 1.807) is 13.3 Å². The molecule has 21 heavy (non-hydrogen) atoms. The number of rotatable bonds is 10. The highest BCUT2D eigenvalue weighted by Crippen LogP contribution is 2.27. The van der Waals surface area contributed by atoms with Gasteiger partial charge in [0.2, 0.25) is 0 Å². The van der Waals surface area contributed by atoms with Gasteiger partial charge < -0.3 is 14.8 Å². The van der Waals surface area contributed by atoms with Gasteiger partial charge in [0, 0.05) is 19.3 Å². The lowest BCUT2D eigenvalue weighted by atomic mass is 9.94. The van der Waals surface area contributed by atoms with E-state index < -0.39 is 0 Å². The normalized spacial score (nSPS) is 13.2. The third kappa shape index (κ3) is 6.44. The van der Waals surface area contributed by atoms with E-state index in [1.165, 1.54) is 0 Å². The molecule has 0 fully saturated rings. The van der Waals surface area contributed by atoms with Crippen LogP contribution in [0.2, 0.25) is 0 Å². The lowest BCUT2D eigenvalue weighted by Gasteiger charge is -2.29.